The molecule has 1 aliphatic rings. The second kappa shape index (κ2) is 5.46. The molecule has 0 bridgehead atoms. The van der Waals surface area contributed by atoms with E-state index < -0.39 is 0 Å². The summed E-state index contributed by atoms with van der Waals surface area (Å²) in [6.07, 6.45) is 1.94. The standard InChI is InChI=1S/C13H17N5O/c1-10-13-9-19-12(8-18(13)17-16-10)7-14-6-11-4-2-3-5-15-11/h2-5,12,14H,6-9H2,1H3/t12-/m0/s1. The Labute approximate surface area is 111 Å². The van der Waals surface area contributed by atoms with Crippen LogP contribution in [0.2, 0.25) is 0 Å². The van der Waals surface area contributed by atoms with E-state index >= 15 is 0 Å². The van der Waals surface area contributed by atoms with E-state index in [1.165, 1.54) is 0 Å². The predicted octanol–water partition coefficient (Wildman–Crippen LogP) is 0.670. The van der Waals surface area contributed by atoms with E-state index in [2.05, 4.69) is 20.6 Å². The SMILES string of the molecule is Cc1nnn2c1CO[C@@H](CNCc1ccccn1)C2. The highest BCUT2D eigenvalue weighted by molar-refractivity contribution is 5.08. The van der Waals surface area contributed by atoms with Gasteiger partial charge < -0.3 is 10.1 Å². The quantitative estimate of drug-likeness (QED) is 0.874. The highest BCUT2D eigenvalue weighted by Gasteiger charge is 2.21. The van der Waals surface area contributed by atoms with Gasteiger partial charge in [0.2, 0.25) is 0 Å². The third-order valence-corrected chi connectivity index (χ3v) is 3.27. The van der Waals surface area contributed by atoms with Crippen molar-refractivity contribution in [3.8, 4) is 0 Å². The van der Waals surface area contributed by atoms with Gasteiger partial charge in [-0.25, -0.2) is 4.68 Å². The first-order valence-electron chi connectivity index (χ1n) is 6.44. The second-order valence-electron chi connectivity index (χ2n) is 4.69. The first-order chi connectivity index (χ1) is 9.33. The van der Waals surface area contributed by atoms with Gasteiger partial charge in [0.15, 0.2) is 0 Å². The summed E-state index contributed by atoms with van der Waals surface area (Å²) < 4.78 is 7.73. The Kier molecular flexibility index (Phi) is 3.52. The fourth-order valence-electron chi connectivity index (χ4n) is 2.17. The molecule has 0 aromatic carbocycles. The fraction of sp³-hybridized carbons (Fsp3) is 0.462. The van der Waals surface area contributed by atoms with Crippen molar-refractivity contribution in [3.63, 3.8) is 0 Å². The summed E-state index contributed by atoms with van der Waals surface area (Å²) in [5.74, 6) is 0. The average molecular weight is 259 g/mol. The first kappa shape index (κ1) is 12.3. The summed E-state index contributed by atoms with van der Waals surface area (Å²) in [4.78, 5) is 4.27. The fourth-order valence-corrected chi connectivity index (χ4v) is 2.17. The molecule has 100 valence electrons. The van der Waals surface area contributed by atoms with Gasteiger partial charge in [0, 0.05) is 19.3 Å². The van der Waals surface area contributed by atoms with Crippen LogP contribution >= 0.6 is 0 Å². The number of pyridine rings is 1. The zero-order valence-corrected chi connectivity index (χ0v) is 10.9. The van der Waals surface area contributed by atoms with Gasteiger partial charge >= 0.3 is 0 Å². The lowest BCUT2D eigenvalue weighted by Gasteiger charge is -2.24. The first-order valence-corrected chi connectivity index (χ1v) is 6.44. The molecule has 0 fully saturated rings. The van der Waals surface area contributed by atoms with E-state index in [0.717, 1.165) is 36.7 Å². The Morgan fingerprint density at radius 3 is 3.26 bits per heavy atom. The second-order valence-corrected chi connectivity index (χ2v) is 4.69. The lowest BCUT2D eigenvalue weighted by atomic mass is 10.2. The van der Waals surface area contributed by atoms with E-state index in [9.17, 15) is 0 Å². The smallest absolute Gasteiger partial charge is 0.0909 e. The zero-order valence-electron chi connectivity index (χ0n) is 10.9. The summed E-state index contributed by atoms with van der Waals surface area (Å²) in [6.45, 7) is 4.85. The number of nitrogens with zero attached hydrogens (tertiary/aromatic N) is 4. The van der Waals surface area contributed by atoms with Crippen LogP contribution in [-0.4, -0.2) is 32.6 Å². The van der Waals surface area contributed by atoms with Crippen LogP contribution in [0.15, 0.2) is 24.4 Å². The van der Waals surface area contributed by atoms with E-state index in [0.29, 0.717) is 6.61 Å². The lowest BCUT2D eigenvalue weighted by Crippen LogP contribution is -2.36. The zero-order chi connectivity index (χ0) is 13.1. The molecule has 3 heterocycles. The van der Waals surface area contributed by atoms with Crippen LogP contribution in [-0.2, 0) is 24.4 Å². The molecule has 0 radical (unpaired) electrons. The number of rotatable bonds is 4. The highest BCUT2D eigenvalue weighted by Crippen LogP contribution is 2.14. The molecule has 0 amide bonds. The van der Waals surface area contributed by atoms with Crippen molar-refractivity contribution in [2.24, 2.45) is 0 Å². The molecular formula is C13H17N5O. The van der Waals surface area contributed by atoms with Gasteiger partial charge in [-0.3, -0.25) is 4.98 Å². The molecule has 2 aromatic heterocycles. The minimum Gasteiger partial charge on any atom is -0.369 e. The van der Waals surface area contributed by atoms with Crippen LogP contribution in [0.4, 0.5) is 0 Å². The van der Waals surface area contributed by atoms with Gasteiger partial charge in [-0.05, 0) is 19.1 Å². The Morgan fingerprint density at radius 1 is 1.47 bits per heavy atom. The van der Waals surface area contributed by atoms with Crippen molar-refractivity contribution in [2.45, 2.75) is 32.7 Å². The van der Waals surface area contributed by atoms with Gasteiger partial charge in [-0.2, -0.15) is 0 Å². The number of nitrogens with one attached hydrogen (secondary N) is 1. The van der Waals surface area contributed by atoms with Gasteiger partial charge in [0.25, 0.3) is 0 Å². The minimum absolute atomic E-state index is 0.136. The molecule has 0 unspecified atom stereocenters. The molecule has 6 nitrogen and oxygen atoms in total. The van der Waals surface area contributed by atoms with Crippen molar-refractivity contribution >= 4 is 0 Å². The Morgan fingerprint density at radius 2 is 2.42 bits per heavy atom. The summed E-state index contributed by atoms with van der Waals surface area (Å²) in [5, 5.41) is 11.5. The molecule has 0 aliphatic carbocycles. The topological polar surface area (TPSA) is 64.9 Å². The molecule has 3 rings (SSSR count). The number of ether oxygens (including phenoxy) is 1. The molecule has 0 saturated heterocycles. The minimum atomic E-state index is 0.136. The van der Waals surface area contributed by atoms with E-state index in [1.54, 1.807) is 6.20 Å². The predicted molar refractivity (Wildman–Crippen MR) is 69.3 cm³/mol. The van der Waals surface area contributed by atoms with Crippen molar-refractivity contribution in [3.05, 3.63) is 41.5 Å². The Bertz CT molecular complexity index is 539. The maximum absolute atomic E-state index is 5.80. The molecule has 19 heavy (non-hydrogen) atoms. The number of fused-ring (bicyclic) bond motifs is 1. The summed E-state index contributed by atoms with van der Waals surface area (Å²) >= 11 is 0. The van der Waals surface area contributed by atoms with E-state index in [1.807, 2.05) is 29.8 Å². The van der Waals surface area contributed by atoms with Crippen molar-refractivity contribution in [2.75, 3.05) is 6.54 Å². The van der Waals surface area contributed by atoms with E-state index in [-0.39, 0.29) is 6.10 Å². The third kappa shape index (κ3) is 2.80. The van der Waals surface area contributed by atoms with Gasteiger partial charge in [-0.1, -0.05) is 11.3 Å². The maximum Gasteiger partial charge on any atom is 0.0909 e. The Hall–Kier alpha value is -1.79. The molecular weight excluding hydrogens is 242 g/mol. The molecule has 6 heteroatoms. The maximum atomic E-state index is 5.80. The van der Waals surface area contributed by atoms with Crippen LogP contribution in [0.25, 0.3) is 0 Å². The molecule has 2 aromatic rings. The number of aromatic nitrogens is 4. The summed E-state index contributed by atoms with van der Waals surface area (Å²) in [6, 6.07) is 5.92. The van der Waals surface area contributed by atoms with E-state index in [4.69, 9.17) is 4.74 Å². The number of aryl methyl sites for hydroxylation is 1. The molecule has 1 N–H and O–H groups in total. The van der Waals surface area contributed by atoms with Crippen LogP contribution in [0.5, 0.6) is 0 Å². The van der Waals surface area contributed by atoms with Crippen LogP contribution in [0.1, 0.15) is 17.1 Å². The summed E-state index contributed by atoms with van der Waals surface area (Å²) in [7, 11) is 0. The van der Waals surface area contributed by atoms with Gasteiger partial charge in [0.05, 0.1) is 36.3 Å². The molecule has 0 spiro atoms. The van der Waals surface area contributed by atoms with Crippen molar-refractivity contribution < 1.29 is 4.74 Å². The number of hydrogen-bond acceptors (Lipinski definition) is 5. The highest BCUT2D eigenvalue weighted by atomic mass is 16.5. The van der Waals surface area contributed by atoms with Gasteiger partial charge in [0.1, 0.15) is 0 Å². The van der Waals surface area contributed by atoms with Crippen molar-refractivity contribution in [1.29, 1.82) is 0 Å². The lowest BCUT2D eigenvalue weighted by molar-refractivity contribution is 0.000656. The van der Waals surface area contributed by atoms with Gasteiger partial charge in [-0.15, -0.1) is 5.10 Å². The Balaban J connectivity index is 1.50. The van der Waals surface area contributed by atoms with Crippen molar-refractivity contribution in [1.82, 2.24) is 25.3 Å². The van der Waals surface area contributed by atoms with Crippen LogP contribution < -0.4 is 5.32 Å². The third-order valence-electron chi connectivity index (χ3n) is 3.27. The normalized spacial score (nSPS) is 18.3. The summed E-state index contributed by atoms with van der Waals surface area (Å²) in [5.41, 5.74) is 3.08. The number of hydrogen-bond donors (Lipinski definition) is 1. The molecule has 1 atom stereocenters. The molecule has 0 saturated carbocycles. The molecule has 1 aliphatic heterocycles. The van der Waals surface area contributed by atoms with Crippen LogP contribution in [0, 0.1) is 6.92 Å². The largest absolute Gasteiger partial charge is 0.369 e. The van der Waals surface area contributed by atoms with Crippen LogP contribution in [0.3, 0.4) is 0 Å². The monoisotopic (exact) mass is 259 g/mol. The average Bonchev–Trinajstić information content (AvgIpc) is 2.81.